The first-order chi connectivity index (χ1) is 10.7. The summed E-state index contributed by atoms with van der Waals surface area (Å²) in [6.45, 7) is 5.00. The van der Waals surface area contributed by atoms with E-state index < -0.39 is 0 Å². The fourth-order valence-corrected chi connectivity index (χ4v) is 3.24. The highest BCUT2D eigenvalue weighted by Gasteiger charge is 2.19. The first-order valence-electron chi connectivity index (χ1n) is 8.19. The van der Waals surface area contributed by atoms with Crippen molar-refractivity contribution in [1.29, 1.82) is 0 Å². The first-order valence-corrected chi connectivity index (χ1v) is 8.19. The number of carbonyl (C=O) groups excluding carboxylic acids is 1. The van der Waals surface area contributed by atoms with Crippen LogP contribution in [0.4, 0.5) is 0 Å². The highest BCUT2D eigenvalue weighted by molar-refractivity contribution is 5.95. The average Bonchev–Trinajstić information content (AvgIpc) is 2.86. The van der Waals surface area contributed by atoms with Gasteiger partial charge in [0.05, 0.1) is 18.3 Å². The van der Waals surface area contributed by atoms with Crippen LogP contribution in [0.15, 0.2) is 12.3 Å². The number of nitrogens with zero attached hydrogens (tertiary/aromatic N) is 3. The van der Waals surface area contributed by atoms with Crippen LogP contribution in [0, 0.1) is 5.92 Å². The standard InChI is InChI=1S/C17H23N3O2/c1-3-22-17-19-15-10-18-14(12(2)21)9-16(15)20(17)11-13-7-5-4-6-8-13/h9-10,13H,3-8,11H2,1-2H3. The molecule has 2 aromatic rings. The number of fused-ring (bicyclic) bond motifs is 1. The number of hydrogen-bond donors (Lipinski definition) is 0. The second kappa shape index (κ2) is 6.46. The predicted molar refractivity (Wildman–Crippen MR) is 85.3 cm³/mol. The van der Waals surface area contributed by atoms with E-state index in [-0.39, 0.29) is 5.78 Å². The van der Waals surface area contributed by atoms with Crippen LogP contribution in [0.25, 0.3) is 11.0 Å². The summed E-state index contributed by atoms with van der Waals surface area (Å²) in [4.78, 5) is 20.3. The maximum Gasteiger partial charge on any atom is 0.297 e. The Morgan fingerprint density at radius 3 is 2.82 bits per heavy atom. The van der Waals surface area contributed by atoms with Gasteiger partial charge in [0, 0.05) is 13.5 Å². The molecule has 0 unspecified atom stereocenters. The lowest BCUT2D eigenvalue weighted by molar-refractivity contribution is 0.101. The molecule has 5 nitrogen and oxygen atoms in total. The zero-order valence-electron chi connectivity index (χ0n) is 13.3. The summed E-state index contributed by atoms with van der Waals surface area (Å²) in [7, 11) is 0. The molecule has 1 saturated carbocycles. The molecule has 2 aromatic heterocycles. The van der Waals surface area contributed by atoms with Crippen LogP contribution in [0.1, 0.15) is 56.4 Å². The monoisotopic (exact) mass is 301 g/mol. The highest BCUT2D eigenvalue weighted by Crippen LogP contribution is 2.29. The molecule has 0 radical (unpaired) electrons. The normalized spacial score (nSPS) is 16.1. The van der Waals surface area contributed by atoms with Gasteiger partial charge in [0.15, 0.2) is 5.78 Å². The van der Waals surface area contributed by atoms with Gasteiger partial charge in [-0.05, 0) is 31.7 Å². The van der Waals surface area contributed by atoms with Crippen LogP contribution in [0.5, 0.6) is 6.01 Å². The van der Waals surface area contributed by atoms with Crippen molar-refractivity contribution in [2.45, 2.75) is 52.5 Å². The Morgan fingerprint density at radius 2 is 2.14 bits per heavy atom. The predicted octanol–water partition coefficient (Wildman–Crippen LogP) is 3.61. The van der Waals surface area contributed by atoms with E-state index in [4.69, 9.17) is 4.74 Å². The molecule has 118 valence electrons. The van der Waals surface area contributed by atoms with Crippen molar-refractivity contribution < 1.29 is 9.53 Å². The maximum atomic E-state index is 11.6. The fraction of sp³-hybridized carbons (Fsp3) is 0.588. The van der Waals surface area contributed by atoms with Gasteiger partial charge in [-0.1, -0.05) is 19.3 Å². The lowest BCUT2D eigenvalue weighted by atomic mass is 9.89. The van der Waals surface area contributed by atoms with Crippen LogP contribution in [0.2, 0.25) is 0 Å². The molecule has 0 aromatic carbocycles. The number of hydrogen-bond acceptors (Lipinski definition) is 4. The molecule has 3 rings (SSSR count). The van der Waals surface area contributed by atoms with E-state index in [1.54, 1.807) is 13.1 Å². The smallest absolute Gasteiger partial charge is 0.297 e. The third-order valence-electron chi connectivity index (χ3n) is 4.40. The van der Waals surface area contributed by atoms with Crippen molar-refractivity contribution in [3.63, 3.8) is 0 Å². The van der Waals surface area contributed by atoms with Gasteiger partial charge in [0.2, 0.25) is 0 Å². The van der Waals surface area contributed by atoms with E-state index >= 15 is 0 Å². The number of ether oxygens (including phenoxy) is 1. The summed E-state index contributed by atoms with van der Waals surface area (Å²) in [5.41, 5.74) is 2.24. The quantitative estimate of drug-likeness (QED) is 0.792. The zero-order chi connectivity index (χ0) is 15.5. The van der Waals surface area contributed by atoms with Crippen molar-refractivity contribution in [2.24, 2.45) is 5.92 Å². The molecule has 2 heterocycles. The molecular weight excluding hydrogens is 278 g/mol. The van der Waals surface area contributed by atoms with Crippen molar-refractivity contribution in [3.05, 3.63) is 18.0 Å². The van der Waals surface area contributed by atoms with Crippen molar-refractivity contribution >= 4 is 16.8 Å². The lowest BCUT2D eigenvalue weighted by Gasteiger charge is -2.23. The number of aromatic nitrogens is 3. The molecule has 22 heavy (non-hydrogen) atoms. The molecule has 0 aliphatic heterocycles. The number of Topliss-reactive ketones (excluding diaryl/α,β-unsaturated/α-hetero) is 1. The minimum Gasteiger partial charge on any atom is -0.465 e. The minimum absolute atomic E-state index is 0.0229. The van der Waals surface area contributed by atoms with Crippen molar-refractivity contribution in [2.75, 3.05) is 6.61 Å². The van der Waals surface area contributed by atoms with Gasteiger partial charge in [-0.2, -0.15) is 4.98 Å². The molecule has 5 heteroatoms. The highest BCUT2D eigenvalue weighted by atomic mass is 16.5. The number of pyridine rings is 1. The molecule has 1 aliphatic carbocycles. The van der Waals surface area contributed by atoms with Gasteiger partial charge in [0.25, 0.3) is 6.01 Å². The Morgan fingerprint density at radius 1 is 1.36 bits per heavy atom. The van der Waals surface area contributed by atoms with Gasteiger partial charge in [-0.25, -0.2) is 0 Å². The Labute approximate surface area is 130 Å². The molecule has 0 N–H and O–H groups in total. The Balaban J connectivity index is 2.00. The topological polar surface area (TPSA) is 57.0 Å². The van der Waals surface area contributed by atoms with Crippen molar-refractivity contribution in [1.82, 2.24) is 14.5 Å². The summed E-state index contributed by atoms with van der Waals surface area (Å²) in [6, 6.07) is 2.49. The molecular formula is C17H23N3O2. The van der Waals surface area contributed by atoms with E-state index in [1.165, 1.54) is 32.1 Å². The van der Waals surface area contributed by atoms with Crippen molar-refractivity contribution in [3.8, 4) is 6.01 Å². The van der Waals surface area contributed by atoms with Gasteiger partial charge in [0.1, 0.15) is 11.2 Å². The summed E-state index contributed by atoms with van der Waals surface area (Å²) in [5.74, 6) is 0.643. The molecule has 0 amide bonds. The van der Waals surface area contributed by atoms with Gasteiger partial charge in [-0.3, -0.25) is 14.3 Å². The Kier molecular flexibility index (Phi) is 4.41. The largest absolute Gasteiger partial charge is 0.465 e. The third-order valence-corrected chi connectivity index (χ3v) is 4.40. The van der Waals surface area contributed by atoms with Crippen LogP contribution < -0.4 is 4.74 Å². The average molecular weight is 301 g/mol. The Hall–Kier alpha value is -1.91. The van der Waals surface area contributed by atoms with Gasteiger partial charge in [-0.15, -0.1) is 0 Å². The molecule has 1 aliphatic rings. The number of rotatable bonds is 5. The van der Waals surface area contributed by atoms with Gasteiger partial charge < -0.3 is 4.74 Å². The number of imidazole rings is 1. The summed E-state index contributed by atoms with van der Waals surface area (Å²) >= 11 is 0. The van der Waals surface area contributed by atoms with Crippen LogP contribution in [-0.4, -0.2) is 26.9 Å². The van der Waals surface area contributed by atoms with E-state index in [1.807, 2.05) is 13.0 Å². The number of ketones is 1. The second-order valence-electron chi connectivity index (χ2n) is 6.06. The SMILES string of the molecule is CCOc1nc2cnc(C(C)=O)cc2n1CC1CCCCC1. The minimum atomic E-state index is -0.0229. The van der Waals surface area contributed by atoms with E-state index in [0.29, 0.717) is 24.2 Å². The molecule has 0 atom stereocenters. The summed E-state index contributed by atoms with van der Waals surface area (Å²) < 4.78 is 7.83. The maximum absolute atomic E-state index is 11.6. The molecule has 0 spiro atoms. The van der Waals surface area contributed by atoms with Crippen LogP contribution in [0.3, 0.4) is 0 Å². The van der Waals surface area contributed by atoms with E-state index in [2.05, 4.69) is 14.5 Å². The number of carbonyl (C=O) groups is 1. The van der Waals surface area contributed by atoms with Crippen LogP contribution >= 0.6 is 0 Å². The first kappa shape index (κ1) is 15.0. The fourth-order valence-electron chi connectivity index (χ4n) is 3.24. The molecule has 0 bridgehead atoms. The van der Waals surface area contributed by atoms with Gasteiger partial charge >= 0.3 is 0 Å². The van der Waals surface area contributed by atoms with Crippen LogP contribution in [-0.2, 0) is 6.54 Å². The zero-order valence-corrected chi connectivity index (χ0v) is 13.3. The summed E-state index contributed by atoms with van der Waals surface area (Å²) in [5, 5.41) is 0. The Bertz CT molecular complexity index is 672. The molecule has 0 saturated heterocycles. The summed E-state index contributed by atoms with van der Waals surface area (Å²) in [6.07, 6.45) is 8.15. The molecule has 1 fully saturated rings. The second-order valence-corrected chi connectivity index (χ2v) is 6.06. The third kappa shape index (κ3) is 2.98. The lowest BCUT2D eigenvalue weighted by Crippen LogP contribution is -2.15. The van der Waals surface area contributed by atoms with E-state index in [9.17, 15) is 4.79 Å². The van der Waals surface area contributed by atoms with E-state index in [0.717, 1.165) is 17.6 Å².